The Morgan fingerprint density at radius 1 is 1.31 bits per heavy atom. The standard InChI is InChI=1S/C12H18O/c1-8-7-11(2)9-4-5-10(6-9)12(11,3)13-8/h7,9-10H,4-6H2,1-3H3. The summed E-state index contributed by atoms with van der Waals surface area (Å²) >= 11 is 0. The fourth-order valence-corrected chi connectivity index (χ4v) is 4.11. The van der Waals surface area contributed by atoms with E-state index in [0.717, 1.165) is 17.6 Å². The number of hydrogen-bond acceptors (Lipinski definition) is 1. The number of hydrogen-bond donors (Lipinski definition) is 0. The van der Waals surface area contributed by atoms with Gasteiger partial charge < -0.3 is 4.74 Å². The molecule has 0 N–H and O–H groups in total. The summed E-state index contributed by atoms with van der Waals surface area (Å²) in [6.45, 7) is 6.82. The lowest BCUT2D eigenvalue weighted by Gasteiger charge is -2.42. The lowest BCUT2D eigenvalue weighted by Crippen LogP contribution is -2.45. The predicted octanol–water partition coefficient (Wildman–Crippen LogP) is 3.12. The molecule has 2 fully saturated rings. The highest BCUT2D eigenvalue weighted by atomic mass is 16.5. The molecule has 1 heterocycles. The van der Waals surface area contributed by atoms with Gasteiger partial charge in [0, 0.05) is 5.41 Å². The van der Waals surface area contributed by atoms with Crippen molar-refractivity contribution in [2.24, 2.45) is 17.3 Å². The number of fused-ring (bicyclic) bond motifs is 5. The molecule has 0 saturated heterocycles. The molecule has 0 aromatic heterocycles. The fraction of sp³-hybridized carbons (Fsp3) is 0.833. The van der Waals surface area contributed by atoms with Crippen molar-refractivity contribution in [3.8, 4) is 0 Å². The van der Waals surface area contributed by atoms with Crippen LogP contribution >= 0.6 is 0 Å². The second kappa shape index (κ2) is 1.97. The molecule has 2 bridgehead atoms. The highest BCUT2D eigenvalue weighted by Crippen LogP contribution is 2.66. The molecule has 13 heavy (non-hydrogen) atoms. The second-order valence-electron chi connectivity index (χ2n) is 5.45. The minimum Gasteiger partial charge on any atom is -0.491 e. The average molecular weight is 178 g/mol. The van der Waals surface area contributed by atoms with Gasteiger partial charge in [-0.3, -0.25) is 0 Å². The number of allylic oxidation sites excluding steroid dienone is 1. The van der Waals surface area contributed by atoms with E-state index in [1.54, 1.807) is 0 Å². The topological polar surface area (TPSA) is 9.23 Å². The molecule has 72 valence electrons. The second-order valence-corrected chi connectivity index (χ2v) is 5.45. The molecule has 3 aliphatic rings. The minimum absolute atomic E-state index is 0.139. The van der Waals surface area contributed by atoms with E-state index in [1.807, 2.05) is 0 Å². The molecule has 4 atom stereocenters. The van der Waals surface area contributed by atoms with E-state index in [-0.39, 0.29) is 5.60 Å². The highest BCUT2D eigenvalue weighted by molar-refractivity contribution is 5.26. The van der Waals surface area contributed by atoms with Crippen LogP contribution in [-0.2, 0) is 4.74 Å². The van der Waals surface area contributed by atoms with Crippen molar-refractivity contribution in [3.05, 3.63) is 11.8 Å². The van der Waals surface area contributed by atoms with Gasteiger partial charge in [0.1, 0.15) is 5.60 Å². The molecule has 3 rings (SSSR count). The van der Waals surface area contributed by atoms with Gasteiger partial charge in [-0.15, -0.1) is 0 Å². The van der Waals surface area contributed by atoms with Gasteiger partial charge in [0.05, 0.1) is 5.76 Å². The molecule has 1 nitrogen and oxygen atoms in total. The van der Waals surface area contributed by atoms with Crippen LogP contribution in [0.15, 0.2) is 11.8 Å². The van der Waals surface area contributed by atoms with Crippen LogP contribution in [-0.4, -0.2) is 5.60 Å². The van der Waals surface area contributed by atoms with E-state index >= 15 is 0 Å². The summed E-state index contributed by atoms with van der Waals surface area (Å²) in [7, 11) is 0. The van der Waals surface area contributed by atoms with Crippen molar-refractivity contribution >= 4 is 0 Å². The molecule has 0 radical (unpaired) electrons. The Hall–Kier alpha value is -0.460. The van der Waals surface area contributed by atoms with Gasteiger partial charge in [-0.05, 0) is 51.0 Å². The Balaban J connectivity index is 2.12. The van der Waals surface area contributed by atoms with Crippen molar-refractivity contribution in [1.82, 2.24) is 0 Å². The van der Waals surface area contributed by atoms with Gasteiger partial charge in [0.15, 0.2) is 0 Å². The fourth-order valence-electron chi connectivity index (χ4n) is 4.11. The molecule has 4 unspecified atom stereocenters. The summed E-state index contributed by atoms with van der Waals surface area (Å²) in [5.41, 5.74) is 0.486. The van der Waals surface area contributed by atoms with E-state index in [4.69, 9.17) is 4.74 Å². The van der Waals surface area contributed by atoms with Crippen LogP contribution in [0.1, 0.15) is 40.0 Å². The quantitative estimate of drug-likeness (QED) is 0.554. The lowest BCUT2D eigenvalue weighted by molar-refractivity contribution is -0.0690. The molecule has 0 spiro atoms. The first-order valence-electron chi connectivity index (χ1n) is 5.45. The van der Waals surface area contributed by atoms with Crippen LogP contribution in [0.2, 0.25) is 0 Å². The third-order valence-corrected chi connectivity index (χ3v) is 5.01. The zero-order valence-electron chi connectivity index (χ0n) is 8.76. The molecule has 0 aromatic carbocycles. The molecular weight excluding hydrogens is 160 g/mol. The monoisotopic (exact) mass is 178 g/mol. The maximum atomic E-state index is 6.07. The van der Waals surface area contributed by atoms with Crippen LogP contribution < -0.4 is 0 Å². The first-order valence-corrected chi connectivity index (χ1v) is 5.45. The van der Waals surface area contributed by atoms with Crippen molar-refractivity contribution in [2.45, 2.75) is 45.6 Å². The van der Waals surface area contributed by atoms with Gasteiger partial charge in [0.2, 0.25) is 0 Å². The van der Waals surface area contributed by atoms with E-state index in [2.05, 4.69) is 26.8 Å². The third-order valence-electron chi connectivity index (χ3n) is 5.01. The van der Waals surface area contributed by atoms with Crippen LogP contribution in [0, 0.1) is 17.3 Å². The maximum Gasteiger partial charge on any atom is 0.118 e. The van der Waals surface area contributed by atoms with Crippen molar-refractivity contribution in [2.75, 3.05) is 0 Å². The van der Waals surface area contributed by atoms with Gasteiger partial charge in [0.25, 0.3) is 0 Å². The zero-order chi connectivity index (χ0) is 9.27. The normalized spacial score (nSPS) is 57.6. The smallest absolute Gasteiger partial charge is 0.118 e. The molecule has 0 amide bonds. The summed E-state index contributed by atoms with van der Waals surface area (Å²) in [5, 5.41) is 0. The summed E-state index contributed by atoms with van der Waals surface area (Å²) in [6.07, 6.45) is 6.59. The Kier molecular flexibility index (Phi) is 1.19. The predicted molar refractivity (Wildman–Crippen MR) is 52.2 cm³/mol. The first kappa shape index (κ1) is 7.90. The van der Waals surface area contributed by atoms with Crippen LogP contribution in [0.25, 0.3) is 0 Å². The van der Waals surface area contributed by atoms with E-state index in [9.17, 15) is 0 Å². The lowest BCUT2D eigenvalue weighted by atomic mass is 9.66. The Morgan fingerprint density at radius 3 is 2.69 bits per heavy atom. The zero-order valence-corrected chi connectivity index (χ0v) is 8.76. The van der Waals surface area contributed by atoms with E-state index in [1.165, 1.54) is 19.3 Å². The SMILES string of the molecule is CC1=CC2(C)C3CCC(C3)C2(C)O1. The van der Waals surface area contributed by atoms with Gasteiger partial charge in [-0.25, -0.2) is 0 Å². The molecule has 0 aromatic rings. The molecule has 1 aliphatic heterocycles. The summed E-state index contributed by atoms with van der Waals surface area (Å²) < 4.78 is 6.07. The molecular formula is C12H18O. The Morgan fingerprint density at radius 2 is 2.00 bits per heavy atom. The number of rotatable bonds is 0. The summed E-state index contributed by atoms with van der Waals surface area (Å²) in [5.74, 6) is 2.86. The average Bonchev–Trinajstić information content (AvgIpc) is 2.59. The van der Waals surface area contributed by atoms with Gasteiger partial charge in [-0.2, -0.15) is 0 Å². The van der Waals surface area contributed by atoms with Gasteiger partial charge >= 0.3 is 0 Å². The van der Waals surface area contributed by atoms with Crippen LogP contribution in [0.5, 0.6) is 0 Å². The van der Waals surface area contributed by atoms with Gasteiger partial charge in [-0.1, -0.05) is 6.92 Å². The van der Waals surface area contributed by atoms with Crippen molar-refractivity contribution in [3.63, 3.8) is 0 Å². The molecule has 1 heteroatoms. The number of ether oxygens (including phenoxy) is 1. The molecule has 2 saturated carbocycles. The Bertz CT molecular complexity index is 293. The van der Waals surface area contributed by atoms with Crippen LogP contribution in [0.3, 0.4) is 0 Å². The Labute approximate surface area is 80.2 Å². The first-order chi connectivity index (χ1) is 6.06. The summed E-state index contributed by atoms with van der Waals surface area (Å²) in [6, 6.07) is 0. The van der Waals surface area contributed by atoms with Crippen molar-refractivity contribution in [1.29, 1.82) is 0 Å². The van der Waals surface area contributed by atoms with Crippen molar-refractivity contribution < 1.29 is 4.74 Å². The largest absolute Gasteiger partial charge is 0.491 e. The third kappa shape index (κ3) is 0.672. The molecule has 2 aliphatic carbocycles. The maximum absolute atomic E-state index is 6.07. The minimum atomic E-state index is 0.139. The van der Waals surface area contributed by atoms with E-state index < -0.39 is 0 Å². The van der Waals surface area contributed by atoms with E-state index in [0.29, 0.717) is 5.41 Å². The summed E-state index contributed by atoms with van der Waals surface area (Å²) in [4.78, 5) is 0. The van der Waals surface area contributed by atoms with Crippen LogP contribution in [0.4, 0.5) is 0 Å². The highest BCUT2D eigenvalue weighted by Gasteiger charge is 2.65.